The Balaban J connectivity index is 2.03. The van der Waals surface area contributed by atoms with Crippen LogP contribution in [0.1, 0.15) is 38.8 Å². The second-order valence-electron chi connectivity index (χ2n) is 10.6. The van der Waals surface area contributed by atoms with E-state index in [0.29, 0.717) is 16.5 Å². The Labute approximate surface area is 241 Å². The van der Waals surface area contributed by atoms with E-state index < -0.39 is 34.1 Å². The summed E-state index contributed by atoms with van der Waals surface area (Å²) in [6.07, 6.45) is 0. The summed E-state index contributed by atoms with van der Waals surface area (Å²) in [6, 6.07) is 18.9. The first-order valence-corrected chi connectivity index (χ1v) is 14.6. The Morgan fingerprint density at radius 3 is 2.05 bits per heavy atom. The van der Waals surface area contributed by atoms with E-state index in [1.165, 1.54) is 24.1 Å². The number of carbonyl (C=O) groups is 2. The van der Waals surface area contributed by atoms with Crippen LogP contribution in [0.4, 0.5) is 5.69 Å². The molecular formula is C30H36ClN3O5S. The van der Waals surface area contributed by atoms with Crippen molar-refractivity contribution < 1.29 is 22.7 Å². The van der Waals surface area contributed by atoms with Crippen molar-refractivity contribution >= 4 is 39.1 Å². The van der Waals surface area contributed by atoms with Crippen LogP contribution in [0, 0.1) is 6.92 Å². The third-order valence-electron chi connectivity index (χ3n) is 6.18. The number of halogens is 1. The molecule has 0 heterocycles. The molecule has 214 valence electrons. The number of hydrogen-bond acceptors (Lipinski definition) is 5. The fourth-order valence-corrected chi connectivity index (χ4v) is 5.50. The number of nitrogens with zero attached hydrogens (tertiary/aromatic N) is 2. The summed E-state index contributed by atoms with van der Waals surface area (Å²) in [5.74, 6) is -0.386. The molecule has 0 aliphatic rings. The lowest BCUT2D eigenvalue weighted by atomic mass is 10.1. The summed E-state index contributed by atoms with van der Waals surface area (Å²) in [5, 5.41) is 3.45. The number of ether oxygens (including phenoxy) is 1. The SMILES string of the molecule is COc1ccc(S(=O)(=O)N(CC(=O)N(Cc2ccc(Cl)cc2)[C@H](C)C(=O)NC(C)(C)C)c2ccc(C)cc2)cc1. The summed E-state index contributed by atoms with van der Waals surface area (Å²) < 4.78 is 34.0. The Morgan fingerprint density at radius 1 is 0.950 bits per heavy atom. The number of rotatable bonds is 10. The van der Waals surface area contributed by atoms with Gasteiger partial charge in [0.25, 0.3) is 10.0 Å². The molecule has 0 spiro atoms. The van der Waals surface area contributed by atoms with Crippen molar-refractivity contribution in [3.8, 4) is 5.75 Å². The van der Waals surface area contributed by atoms with Crippen LogP contribution < -0.4 is 14.4 Å². The molecule has 0 aliphatic carbocycles. The molecule has 3 rings (SSSR count). The zero-order valence-corrected chi connectivity index (χ0v) is 25.2. The Morgan fingerprint density at radius 2 is 1.52 bits per heavy atom. The number of anilines is 1. The lowest BCUT2D eigenvalue weighted by Gasteiger charge is -2.33. The molecule has 0 unspecified atom stereocenters. The molecule has 2 amide bonds. The van der Waals surface area contributed by atoms with Crippen molar-refractivity contribution in [1.29, 1.82) is 0 Å². The van der Waals surface area contributed by atoms with Crippen LogP contribution in [0.2, 0.25) is 5.02 Å². The molecule has 3 aromatic carbocycles. The molecule has 1 atom stereocenters. The van der Waals surface area contributed by atoms with Gasteiger partial charge in [0.15, 0.2) is 0 Å². The van der Waals surface area contributed by atoms with Crippen molar-refractivity contribution in [3.05, 3.63) is 88.9 Å². The van der Waals surface area contributed by atoms with Crippen LogP contribution in [-0.4, -0.2) is 50.4 Å². The third kappa shape index (κ3) is 7.99. The van der Waals surface area contributed by atoms with Crippen LogP contribution >= 0.6 is 11.6 Å². The molecule has 3 aromatic rings. The van der Waals surface area contributed by atoms with Crippen LogP contribution in [0.3, 0.4) is 0 Å². The molecule has 1 N–H and O–H groups in total. The van der Waals surface area contributed by atoms with E-state index in [0.717, 1.165) is 15.4 Å². The predicted octanol–water partition coefficient (Wildman–Crippen LogP) is 5.18. The normalized spacial score (nSPS) is 12.4. The molecule has 0 saturated heterocycles. The van der Waals surface area contributed by atoms with Gasteiger partial charge in [-0.15, -0.1) is 0 Å². The molecule has 0 aliphatic heterocycles. The predicted molar refractivity (Wildman–Crippen MR) is 158 cm³/mol. The first-order chi connectivity index (χ1) is 18.7. The second-order valence-corrected chi connectivity index (χ2v) is 12.9. The average Bonchev–Trinajstić information content (AvgIpc) is 2.90. The molecule has 0 saturated carbocycles. The standard InChI is InChI=1S/C30H36ClN3O5S/c1-21-7-13-25(14-8-21)34(40(37,38)27-17-15-26(39-6)16-18-27)20-28(35)33(19-23-9-11-24(31)12-10-23)22(2)29(36)32-30(3,4)5/h7-18,22H,19-20H2,1-6H3,(H,32,36)/t22-/m1/s1. The van der Waals surface area contributed by atoms with Crippen molar-refractivity contribution in [2.75, 3.05) is 18.0 Å². The van der Waals surface area contributed by atoms with E-state index in [9.17, 15) is 18.0 Å². The highest BCUT2D eigenvalue weighted by atomic mass is 35.5. The van der Waals surface area contributed by atoms with E-state index in [-0.39, 0.29) is 17.3 Å². The van der Waals surface area contributed by atoms with Gasteiger partial charge in [0.05, 0.1) is 17.7 Å². The lowest BCUT2D eigenvalue weighted by Crippen LogP contribution is -2.54. The van der Waals surface area contributed by atoms with E-state index >= 15 is 0 Å². The van der Waals surface area contributed by atoms with Gasteiger partial charge in [-0.05, 0) is 88.7 Å². The molecule has 8 nitrogen and oxygen atoms in total. The number of amides is 2. The van der Waals surface area contributed by atoms with Crippen molar-refractivity contribution in [2.24, 2.45) is 0 Å². The molecule has 10 heteroatoms. The highest BCUT2D eigenvalue weighted by Crippen LogP contribution is 2.26. The topological polar surface area (TPSA) is 96.0 Å². The summed E-state index contributed by atoms with van der Waals surface area (Å²) in [7, 11) is -2.67. The minimum atomic E-state index is -4.16. The van der Waals surface area contributed by atoms with Crippen molar-refractivity contribution in [3.63, 3.8) is 0 Å². The summed E-state index contributed by atoms with van der Waals surface area (Å²) in [6.45, 7) is 8.64. The Kier molecular flexibility index (Phi) is 9.87. The largest absolute Gasteiger partial charge is 0.497 e. The zero-order chi connectivity index (χ0) is 29.7. The van der Waals surface area contributed by atoms with Crippen LogP contribution in [-0.2, 0) is 26.2 Å². The quantitative estimate of drug-likeness (QED) is 0.353. The highest BCUT2D eigenvalue weighted by molar-refractivity contribution is 7.92. The van der Waals surface area contributed by atoms with E-state index in [4.69, 9.17) is 16.3 Å². The van der Waals surface area contributed by atoms with Gasteiger partial charge in [-0.2, -0.15) is 0 Å². The molecule has 40 heavy (non-hydrogen) atoms. The van der Waals surface area contributed by atoms with Crippen LogP contribution in [0.15, 0.2) is 77.7 Å². The number of sulfonamides is 1. The fourth-order valence-electron chi connectivity index (χ4n) is 3.96. The van der Waals surface area contributed by atoms with Gasteiger partial charge in [-0.3, -0.25) is 13.9 Å². The monoisotopic (exact) mass is 585 g/mol. The van der Waals surface area contributed by atoms with Gasteiger partial charge in [-0.1, -0.05) is 41.4 Å². The van der Waals surface area contributed by atoms with E-state index in [1.54, 1.807) is 67.6 Å². The second kappa shape index (κ2) is 12.7. The smallest absolute Gasteiger partial charge is 0.264 e. The zero-order valence-electron chi connectivity index (χ0n) is 23.6. The number of nitrogens with one attached hydrogen (secondary N) is 1. The fraction of sp³-hybridized carbons (Fsp3) is 0.333. The number of benzene rings is 3. The number of aryl methyl sites for hydroxylation is 1. The molecule has 0 fully saturated rings. The Hall–Kier alpha value is -3.56. The number of hydrogen-bond donors (Lipinski definition) is 1. The minimum absolute atomic E-state index is 0.00412. The summed E-state index contributed by atoms with van der Waals surface area (Å²) >= 11 is 6.05. The van der Waals surface area contributed by atoms with Gasteiger partial charge in [0, 0.05) is 17.1 Å². The highest BCUT2D eigenvalue weighted by Gasteiger charge is 2.33. The van der Waals surface area contributed by atoms with Gasteiger partial charge in [0.2, 0.25) is 11.8 Å². The lowest BCUT2D eigenvalue weighted by molar-refractivity contribution is -0.140. The molecule has 0 bridgehead atoms. The molecule has 0 aromatic heterocycles. The summed E-state index contributed by atoms with van der Waals surface area (Å²) in [5.41, 5.74) is 1.49. The molecule has 0 radical (unpaired) electrons. The van der Waals surface area contributed by atoms with E-state index in [2.05, 4.69) is 5.32 Å². The van der Waals surface area contributed by atoms with Gasteiger partial charge < -0.3 is 15.0 Å². The van der Waals surface area contributed by atoms with Gasteiger partial charge >= 0.3 is 0 Å². The third-order valence-corrected chi connectivity index (χ3v) is 8.22. The maximum Gasteiger partial charge on any atom is 0.264 e. The van der Waals surface area contributed by atoms with Gasteiger partial charge in [0.1, 0.15) is 18.3 Å². The maximum atomic E-state index is 13.9. The minimum Gasteiger partial charge on any atom is -0.497 e. The first-order valence-electron chi connectivity index (χ1n) is 12.8. The van der Waals surface area contributed by atoms with E-state index in [1.807, 2.05) is 27.7 Å². The van der Waals surface area contributed by atoms with Crippen molar-refractivity contribution in [1.82, 2.24) is 10.2 Å². The Bertz CT molecular complexity index is 1420. The first kappa shape index (κ1) is 31.0. The number of carbonyl (C=O) groups excluding carboxylic acids is 2. The average molecular weight is 586 g/mol. The van der Waals surface area contributed by atoms with Crippen LogP contribution in [0.5, 0.6) is 5.75 Å². The van der Waals surface area contributed by atoms with Crippen molar-refractivity contribution in [2.45, 2.75) is 57.6 Å². The number of methoxy groups -OCH3 is 1. The molecular weight excluding hydrogens is 550 g/mol. The van der Waals surface area contributed by atoms with Crippen LogP contribution in [0.25, 0.3) is 0 Å². The summed E-state index contributed by atoms with van der Waals surface area (Å²) in [4.78, 5) is 28.5. The van der Waals surface area contributed by atoms with Gasteiger partial charge in [-0.25, -0.2) is 8.42 Å². The maximum absolute atomic E-state index is 13.9.